The van der Waals surface area contributed by atoms with Crippen LogP contribution in [0.1, 0.15) is 0 Å². The van der Waals surface area contributed by atoms with Crippen molar-refractivity contribution in [3.63, 3.8) is 0 Å². The summed E-state index contributed by atoms with van der Waals surface area (Å²) in [6.45, 7) is 0. The molecule has 0 aliphatic carbocycles. The third-order valence-electron chi connectivity index (χ3n) is 10.1. The highest BCUT2D eigenvalue weighted by atomic mass is 16.3. The molecule has 0 aliphatic heterocycles. The first-order chi connectivity index (χ1) is 24.3. The maximum absolute atomic E-state index is 6.40. The lowest BCUT2D eigenvalue weighted by Gasteiger charge is -2.19. The minimum atomic E-state index is 0.917. The number of fused-ring (bicyclic) bond motifs is 6. The molecule has 0 saturated carbocycles. The first-order valence-corrected chi connectivity index (χ1v) is 16.8. The molecule has 0 bridgehead atoms. The molecule has 1 heterocycles. The second-order valence-corrected chi connectivity index (χ2v) is 12.8. The van der Waals surface area contributed by atoms with Crippen LogP contribution in [-0.4, -0.2) is 0 Å². The SMILES string of the molecule is c1ccc(-c2ccc3c(-c4ccc(-c5cccc6c5oc5ccccc56)cc4)c4ccccc4c(-c4ccc5ccccc5c4)c3c2)cc1. The Hall–Kier alpha value is -6.44. The van der Waals surface area contributed by atoms with E-state index in [0.717, 1.165) is 33.1 Å². The summed E-state index contributed by atoms with van der Waals surface area (Å²) < 4.78 is 6.40. The molecule has 1 nitrogen and oxygen atoms in total. The average molecular weight is 623 g/mol. The van der Waals surface area contributed by atoms with Gasteiger partial charge in [-0.05, 0) is 89.5 Å². The Labute approximate surface area is 284 Å². The van der Waals surface area contributed by atoms with Crippen LogP contribution in [0.4, 0.5) is 0 Å². The van der Waals surface area contributed by atoms with Crippen molar-refractivity contribution in [1.82, 2.24) is 0 Å². The zero-order chi connectivity index (χ0) is 32.3. The molecule has 0 spiro atoms. The first-order valence-electron chi connectivity index (χ1n) is 16.8. The number of para-hydroxylation sites is 2. The monoisotopic (exact) mass is 622 g/mol. The summed E-state index contributed by atoms with van der Waals surface area (Å²) in [5, 5.41) is 9.79. The fourth-order valence-corrected chi connectivity index (χ4v) is 7.75. The zero-order valence-electron chi connectivity index (χ0n) is 26.7. The van der Waals surface area contributed by atoms with Crippen LogP contribution in [0.5, 0.6) is 0 Å². The number of hydrogen-bond donors (Lipinski definition) is 0. The van der Waals surface area contributed by atoms with E-state index in [1.807, 2.05) is 12.1 Å². The van der Waals surface area contributed by atoms with Gasteiger partial charge in [0.05, 0.1) is 0 Å². The Bertz CT molecular complexity index is 2860. The van der Waals surface area contributed by atoms with Gasteiger partial charge in [0, 0.05) is 16.3 Å². The molecule has 0 saturated heterocycles. The standard InChI is InChI=1S/C48H30O/c1-2-11-31(12-3-1)36-27-28-42-44(30-36)47(37-26-21-32-13-4-5-14-35(32)29-37)41-17-7-6-16-40(41)46(42)34-24-22-33(23-25-34)38-18-10-19-43-39-15-8-9-20-45(39)49-48(38)43/h1-30H. The Balaban J connectivity index is 1.21. The summed E-state index contributed by atoms with van der Waals surface area (Å²) in [4.78, 5) is 0. The largest absolute Gasteiger partial charge is 0.455 e. The van der Waals surface area contributed by atoms with Crippen molar-refractivity contribution in [1.29, 1.82) is 0 Å². The van der Waals surface area contributed by atoms with Gasteiger partial charge in [-0.25, -0.2) is 0 Å². The van der Waals surface area contributed by atoms with Crippen molar-refractivity contribution in [2.24, 2.45) is 0 Å². The summed E-state index contributed by atoms with van der Waals surface area (Å²) in [6.07, 6.45) is 0. The maximum atomic E-state index is 6.40. The summed E-state index contributed by atoms with van der Waals surface area (Å²) in [5.74, 6) is 0. The van der Waals surface area contributed by atoms with Gasteiger partial charge in [-0.15, -0.1) is 0 Å². The van der Waals surface area contributed by atoms with E-state index < -0.39 is 0 Å². The molecule has 0 fully saturated rings. The zero-order valence-corrected chi connectivity index (χ0v) is 26.7. The molecule has 0 N–H and O–H groups in total. The molecule has 0 aliphatic rings. The summed E-state index contributed by atoms with van der Waals surface area (Å²) in [5.41, 5.74) is 11.5. The third kappa shape index (κ3) is 4.47. The molecular formula is C48H30O. The molecule has 10 aromatic rings. The fraction of sp³-hybridized carbons (Fsp3) is 0. The highest BCUT2D eigenvalue weighted by molar-refractivity contribution is 6.22. The van der Waals surface area contributed by atoms with Gasteiger partial charge in [-0.1, -0.05) is 164 Å². The van der Waals surface area contributed by atoms with Crippen LogP contribution in [-0.2, 0) is 0 Å². The number of furan rings is 1. The van der Waals surface area contributed by atoms with Gasteiger partial charge in [-0.3, -0.25) is 0 Å². The highest BCUT2D eigenvalue weighted by Crippen LogP contribution is 2.46. The van der Waals surface area contributed by atoms with Crippen molar-refractivity contribution < 1.29 is 4.42 Å². The van der Waals surface area contributed by atoms with Crippen LogP contribution in [0.25, 0.3) is 98.8 Å². The number of benzene rings is 9. The van der Waals surface area contributed by atoms with Crippen LogP contribution < -0.4 is 0 Å². The van der Waals surface area contributed by atoms with Crippen LogP contribution in [0, 0.1) is 0 Å². The Kier molecular flexibility index (Phi) is 6.25. The molecule has 0 amide bonds. The second-order valence-electron chi connectivity index (χ2n) is 12.8. The topological polar surface area (TPSA) is 13.1 Å². The molecule has 10 rings (SSSR count). The predicted octanol–water partition coefficient (Wildman–Crippen LogP) is 13.7. The molecule has 9 aromatic carbocycles. The lowest BCUT2D eigenvalue weighted by molar-refractivity contribution is 0.670. The van der Waals surface area contributed by atoms with Gasteiger partial charge >= 0.3 is 0 Å². The molecule has 0 radical (unpaired) electrons. The van der Waals surface area contributed by atoms with Crippen LogP contribution >= 0.6 is 0 Å². The van der Waals surface area contributed by atoms with Crippen LogP contribution in [0.2, 0.25) is 0 Å². The van der Waals surface area contributed by atoms with Crippen molar-refractivity contribution in [3.05, 3.63) is 182 Å². The Morgan fingerprint density at radius 3 is 1.69 bits per heavy atom. The van der Waals surface area contributed by atoms with Gasteiger partial charge in [0.15, 0.2) is 0 Å². The summed E-state index contributed by atoms with van der Waals surface area (Å²) in [7, 11) is 0. The predicted molar refractivity (Wildman–Crippen MR) is 208 cm³/mol. The number of rotatable bonds is 4. The van der Waals surface area contributed by atoms with Gasteiger partial charge in [0.1, 0.15) is 11.2 Å². The van der Waals surface area contributed by atoms with Crippen molar-refractivity contribution in [2.45, 2.75) is 0 Å². The van der Waals surface area contributed by atoms with Crippen molar-refractivity contribution in [2.75, 3.05) is 0 Å². The fourth-order valence-electron chi connectivity index (χ4n) is 7.75. The second kappa shape index (κ2) is 11.1. The smallest absolute Gasteiger partial charge is 0.143 e. The average Bonchev–Trinajstić information content (AvgIpc) is 3.56. The normalized spacial score (nSPS) is 11.7. The Morgan fingerprint density at radius 1 is 0.286 bits per heavy atom. The van der Waals surface area contributed by atoms with Crippen molar-refractivity contribution in [3.8, 4) is 44.5 Å². The van der Waals surface area contributed by atoms with Crippen molar-refractivity contribution >= 4 is 54.3 Å². The lowest BCUT2D eigenvalue weighted by atomic mass is 9.84. The summed E-state index contributed by atoms with van der Waals surface area (Å²) >= 11 is 0. The first kappa shape index (κ1) is 27.7. The van der Waals surface area contributed by atoms with E-state index in [2.05, 4.69) is 170 Å². The molecule has 0 atom stereocenters. The van der Waals surface area contributed by atoms with Gasteiger partial charge < -0.3 is 4.42 Å². The van der Waals surface area contributed by atoms with E-state index in [1.54, 1.807) is 0 Å². The molecule has 49 heavy (non-hydrogen) atoms. The number of hydrogen-bond acceptors (Lipinski definition) is 1. The van der Waals surface area contributed by atoms with E-state index in [0.29, 0.717) is 0 Å². The van der Waals surface area contributed by atoms with Crippen LogP contribution in [0.3, 0.4) is 0 Å². The minimum Gasteiger partial charge on any atom is -0.455 e. The maximum Gasteiger partial charge on any atom is 0.143 e. The van der Waals surface area contributed by atoms with Crippen LogP contribution in [0.15, 0.2) is 186 Å². The molecular weight excluding hydrogens is 593 g/mol. The Morgan fingerprint density at radius 2 is 0.878 bits per heavy atom. The molecule has 1 heteroatoms. The minimum absolute atomic E-state index is 0.917. The third-order valence-corrected chi connectivity index (χ3v) is 10.1. The van der Waals surface area contributed by atoms with E-state index in [4.69, 9.17) is 4.42 Å². The lowest BCUT2D eigenvalue weighted by Crippen LogP contribution is -1.92. The van der Waals surface area contributed by atoms with E-state index in [-0.39, 0.29) is 0 Å². The molecule has 228 valence electrons. The molecule has 1 aromatic heterocycles. The van der Waals surface area contributed by atoms with E-state index in [1.165, 1.54) is 65.7 Å². The molecule has 0 unspecified atom stereocenters. The van der Waals surface area contributed by atoms with Gasteiger partial charge in [0.25, 0.3) is 0 Å². The quantitative estimate of drug-likeness (QED) is 0.178. The van der Waals surface area contributed by atoms with E-state index >= 15 is 0 Å². The van der Waals surface area contributed by atoms with Gasteiger partial charge in [-0.2, -0.15) is 0 Å². The van der Waals surface area contributed by atoms with Gasteiger partial charge in [0.2, 0.25) is 0 Å². The van der Waals surface area contributed by atoms with E-state index in [9.17, 15) is 0 Å². The highest BCUT2D eigenvalue weighted by Gasteiger charge is 2.19. The summed E-state index contributed by atoms with van der Waals surface area (Å²) in [6, 6.07) is 65.8.